The van der Waals surface area contributed by atoms with Crippen LogP contribution in [0, 0.1) is 11.3 Å². The topological polar surface area (TPSA) is 140 Å². The van der Waals surface area contributed by atoms with E-state index in [0.29, 0.717) is 46.7 Å². The Labute approximate surface area is 211 Å². The number of anilines is 4. The lowest BCUT2D eigenvalue weighted by atomic mass is 10.0. The van der Waals surface area contributed by atoms with E-state index < -0.39 is 5.60 Å². The van der Waals surface area contributed by atoms with Crippen LogP contribution >= 0.6 is 11.6 Å². The van der Waals surface area contributed by atoms with Crippen LogP contribution in [0.25, 0.3) is 5.65 Å². The van der Waals surface area contributed by atoms with E-state index in [9.17, 15) is 5.11 Å². The highest BCUT2D eigenvalue weighted by atomic mass is 35.5. The van der Waals surface area contributed by atoms with Crippen molar-refractivity contribution in [1.82, 2.24) is 29.5 Å². The van der Waals surface area contributed by atoms with Crippen LogP contribution in [0.2, 0.25) is 5.02 Å². The maximum Gasteiger partial charge on any atom is 0.229 e. The lowest BCUT2D eigenvalue weighted by Crippen LogP contribution is -2.39. The molecule has 6 rings (SSSR count). The number of hydrogen-bond acceptors (Lipinski definition) is 10. The standard InChI is InChI=1S/C24H23ClN10O/c25-18-14-28-23(30-17-5-10-35-20(11-17)31-22(33-35)24(36)6-7-24)32-21(18)29-16-3-8-34(9-4-16)19-2-1-15(12-26)13-27-19/h1-2,5,10-11,13-14,16,36H,3-4,6-9H2,(H2,28,29,30,32). The molecule has 0 atom stereocenters. The number of aliphatic hydroxyl groups is 1. The molecule has 1 saturated heterocycles. The minimum atomic E-state index is -0.881. The molecule has 1 aliphatic carbocycles. The molecule has 36 heavy (non-hydrogen) atoms. The minimum absolute atomic E-state index is 0.207. The van der Waals surface area contributed by atoms with E-state index in [1.807, 2.05) is 18.2 Å². The third-order valence-corrected chi connectivity index (χ3v) is 6.79. The molecule has 2 fully saturated rings. The number of rotatable bonds is 6. The van der Waals surface area contributed by atoms with Crippen LogP contribution in [0.5, 0.6) is 0 Å². The van der Waals surface area contributed by atoms with Crippen LogP contribution in [0.4, 0.5) is 23.3 Å². The molecule has 4 aromatic heterocycles. The Kier molecular flexibility index (Phi) is 5.55. The molecule has 11 nitrogen and oxygen atoms in total. The van der Waals surface area contributed by atoms with Crippen molar-refractivity contribution in [2.75, 3.05) is 28.6 Å². The molecule has 1 aliphatic heterocycles. The molecule has 0 unspecified atom stereocenters. The molecule has 0 aromatic carbocycles. The van der Waals surface area contributed by atoms with Crippen molar-refractivity contribution in [2.45, 2.75) is 37.3 Å². The highest BCUT2D eigenvalue weighted by molar-refractivity contribution is 6.32. The summed E-state index contributed by atoms with van der Waals surface area (Å²) in [4.78, 5) is 20.0. The van der Waals surface area contributed by atoms with Gasteiger partial charge in [-0.25, -0.2) is 19.5 Å². The molecule has 2 aliphatic rings. The number of nitrogens with zero attached hydrogens (tertiary/aromatic N) is 8. The summed E-state index contributed by atoms with van der Waals surface area (Å²) in [7, 11) is 0. The molecule has 4 aromatic rings. The number of halogens is 1. The number of piperidine rings is 1. The second-order valence-corrected chi connectivity index (χ2v) is 9.53. The van der Waals surface area contributed by atoms with Crippen LogP contribution in [-0.4, -0.2) is 53.8 Å². The highest BCUT2D eigenvalue weighted by Gasteiger charge is 2.46. The summed E-state index contributed by atoms with van der Waals surface area (Å²) in [6.07, 6.45) is 8.12. The second-order valence-electron chi connectivity index (χ2n) is 9.12. The van der Waals surface area contributed by atoms with E-state index in [-0.39, 0.29) is 6.04 Å². The Morgan fingerprint density at radius 3 is 2.67 bits per heavy atom. The SMILES string of the molecule is N#Cc1ccc(N2CCC(Nc3nc(Nc4ccn5nc(C6(O)CC6)nc5c4)ncc3Cl)CC2)nc1. The van der Waals surface area contributed by atoms with E-state index in [1.165, 1.54) is 0 Å². The molecule has 5 heterocycles. The van der Waals surface area contributed by atoms with Crippen LogP contribution in [0.15, 0.2) is 42.9 Å². The van der Waals surface area contributed by atoms with Crippen molar-refractivity contribution in [3.8, 4) is 6.07 Å². The maximum absolute atomic E-state index is 10.3. The number of fused-ring (bicyclic) bond motifs is 1. The van der Waals surface area contributed by atoms with Crippen molar-refractivity contribution in [3.05, 3.63) is 59.3 Å². The fraction of sp³-hybridized carbons (Fsp3) is 0.333. The van der Waals surface area contributed by atoms with Gasteiger partial charge in [0, 0.05) is 43.3 Å². The normalized spacial score (nSPS) is 17.1. The largest absolute Gasteiger partial charge is 0.382 e. The average Bonchev–Trinajstić information content (AvgIpc) is 3.50. The molecule has 3 N–H and O–H groups in total. The zero-order chi connectivity index (χ0) is 24.7. The van der Waals surface area contributed by atoms with Crippen molar-refractivity contribution < 1.29 is 5.11 Å². The van der Waals surface area contributed by atoms with Gasteiger partial charge in [-0.2, -0.15) is 10.2 Å². The number of nitriles is 1. The van der Waals surface area contributed by atoms with Gasteiger partial charge in [-0.1, -0.05) is 11.6 Å². The summed E-state index contributed by atoms with van der Waals surface area (Å²) in [6.45, 7) is 1.67. The number of aromatic nitrogens is 6. The lowest BCUT2D eigenvalue weighted by Gasteiger charge is -2.33. The minimum Gasteiger partial charge on any atom is -0.382 e. The third kappa shape index (κ3) is 4.48. The average molecular weight is 503 g/mol. The molecule has 0 spiro atoms. The summed E-state index contributed by atoms with van der Waals surface area (Å²) >= 11 is 6.39. The Morgan fingerprint density at radius 1 is 1.11 bits per heavy atom. The van der Waals surface area contributed by atoms with Gasteiger partial charge < -0.3 is 20.6 Å². The first-order chi connectivity index (χ1) is 17.5. The zero-order valence-electron chi connectivity index (χ0n) is 19.3. The van der Waals surface area contributed by atoms with Gasteiger partial charge in [-0.15, -0.1) is 5.10 Å². The van der Waals surface area contributed by atoms with Crippen LogP contribution < -0.4 is 15.5 Å². The second kappa shape index (κ2) is 8.89. The molecule has 0 amide bonds. The maximum atomic E-state index is 10.3. The molecule has 0 radical (unpaired) electrons. The Morgan fingerprint density at radius 2 is 1.94 bits per heavy atom. The van der Waals surface area contributed by atoms with Crippen LogP contribution in [0.1, 0.15) is 37.1 Å². The summed E-state index contributed by atoms with van der Waals surface area (Å²) in [5.74, 6) is 2.31. The van der Waals surface area contributed by atoms with Gasteiger partial charge in [0.25, 0.3) is 0 Å². The fourth-order valence-corrected chi connectivity index (χ4v) is 4.39. The molecule has 0 bridgehead atoms. The first-order valence-electron chi connectivity index (χ1n) is 11.8. The van der Waals surface area contributed by atoms with E-state index in [1.54, 1.807) is 29.2 Å². The molecule has 182 valence electrons. The van der Waals surface area contributed by atoms with Gasteiger partial charge in [0.1, 0.15) is 22.5 Å². The monoisotopic (exact) mass is 502 g/mol. The van der Waals surface area contributed by atoms with Gasteiger partial charge in [-0.05, 0) is 43.9 Å². The van der Waals surface area contributed by atoms with Crippen molar-refractivity contribution in [3.63, 3.8) is 0 Å². The van der Waals surface area contributed by atoms with E-state index >= 15 is 0 Å². The highest BCUT2D eigenvalue weighted by Crippen LogP contribution is 2.43. The van der Waals surface area contributed by atoms with Gasteiger partial charge in [0.15, 0.2) is 17.3 Å². The lowest BCUT2D eigenvalue weighted by molar-refractivity contribution is 0.141. The predicted octanol–water partition coefficient (Wildman–Crippen LogP) is 3.25. The van der Waals surface area contributed by atoms with Crippen LogP contribution in [-0.2, 0) is 5.60 Å². The Balaban J connectivity index is 1.11. The summed E-state index contributed by atoms with van der Waals surface area (Å²) < 4.78 is 1.65. The Bertz CT molecular complexity index is 1450. The van der Waals surface area contributed by atoms with E-state index in [4.69, 9.17) is 16.9 Å². The Hall–Kier alpha value is -4.01. The fourth-order valence-electron chi connectivity index (χ4n) is 4.24. The van der Waals surface area contributed by atoms with Gasteiger partial charge in [0.05, 0.1) is 11.8 Å². The quantitative estimate of drug-likeness (QED) is 0.360. The van der Waals surface area contributed by atoms with Gasteiger partial charge in [0.2, 0.25) is 5.95 Å². The number of nitrogens with one attached hydrogen (secondary N) is 2. The smallest absolute Gasteiger partial charge is 0.229 e. The van der Waals surface area contributed by atoms with Gasteiger partial charge >= 0.3 is 0 Å². The summed E-state index contributed by atoms with van der Waals surface area (Å²) in [6, 6.07) is 9.66. The summed E-state index contributed by atoms with van der Waals surface area (Å²) in [5, 5.41) is 30.7. The van der Waals surface area contributed by atoms with Crippen molar-refractivity contribution in [2.24, 2.45) is 0 Å². The third-order valence-electron chi connectivity index (χ3n) is 6.51. The molecule has 1 saturated carbocycles. The van der Waals surface area contributed by atoms with Crippen molar-refractivity contribution >= 4 is 40.5 Å². The first-order valence-corrected chi connectivity index (χ1v) is 12.1. The predicted molar refractivity (Wildman–Crippen MR) is 134 cm³/mol. The number of pyridine rings is 2. The van der Waals surface area contributed by atoms with Crippen molar-refractivity contribution in [1.29, 1.82) is 5.26 Å². The first kappa shape index (κ1) is 22.5. The summed E-state index contributed by atoms with van der Waals surface area (Å²) in [5.41, 5.74) is 1.06. The van der Waals surface area contributed by atoms with Gasteiger partial charge in [-0.3, -0.25) is 0 Å². The molecule has 12 heteroatoms. The van der Waals surface area contributed by atoms with E-state index in [2.05, 4.69) is 46.6 Å². The van der Waals surface area contributed by atoms with E-state index in [0.717, 1.165) is 37.4 Å². The zero-order valence-corrected chi connectivity index (χ0v) is 20.0. The molecular formula is C24H23ClN10O. The molecular weight excluding hydrogens is 480 g/mol. The number of hydrogen-bond donors (Lipinski definition) is 3. The van der Waals surface area contributed by atoms with Crippen LogP contribution in [0.3, 0.4) is 0 Å².